The Kier molecular flexibility index (Phi) is 3.64. The van der Waals surface area contributed by atoms with Gasteiger partial charge in [-0.2, -0.15) is 0 Å². The van der Waals surface area contributed by atoms with Crippen molar-refractivity contribution in [2.75, 3.05) is 5.32 Å². The van der Waals surface area contributed by atoms with E-state index in [0.717, 1.165) is 22.6 Å². The van der Waals surface area contributed by atoms with Crippen molar-refractivity contribution in [2.45, 2.75) is 13.0 Å². The Labute approximate surface area is 123 Å². The number of hydrogen-bond acceptors (Lipinski definition) is 4. The van der Waals surface area contributed by atoms with Crippen molar-refractivity contribution in [3.05, 3.63) is 60.7 Å². The maximum Gasteiger partial charge on any atom is 0.165 e. The molecule has 1 aromatic carbocycles. The van der Waals surface area contributed by atoms with Gasteiger partial charge >= 0.3 is 0 Å². The summed E-state index contributed by atoms with van der Waals surface area (Å²) in [7, 11) is 1.94. The number of nitrogens with one attached hydrogen (secondary N) is 1. The summed E-state index contributed by atoms with van der Waals surface area (Å²) < 4.78 is 1.91. The minimum absolute atomic E-state index is 0.160. The molecule has 3 aromatic rings. The number of nitrogens with zero attached hydrogens (tertiary/aromatic N) is 4. The summed E-state index contributed by atoms with van der Waals surface area (Å²) in [6.45, 7) is 2.12. The number of hydrogen-bond donors (Lipinski definition) is 1. The van der Waals surface area contributed by atoms with Crippen LogP contribution in [0.1, 0.15) is 18.5 Å². The van der Waals surface area contributed by atoms with Crippen LogP contribution in [0.25, 0.3) is 11.4 Å². The zero-order valence-corrected chi connectivity index (χ0v) is 12.1. The van der Waals surface area contributed by atoms with Crippen molar-refractivity contribution in [2.24, 2.45) is 7.05 Å². The largest absolute Gasteiger partial charge is 0.378 e. The summed E-state index contributed by atoms with van der Waals surface area (Å²) in [5.41, 5.74) is 3.21. The van der Waals surface area contributed by atoms with Gasteiger partial charge < -0.3 is 9.88 Å². The van der Waals surface area contributed by atoms with Gasteiger partial charge in [-0.05, 0) is 30.7 Å². The molecule has 5 nitrogen and oxygen atoms in total. The fraction of sp³-hybridized carbons (Fsp3) is 0.188. The Hall–Kier alpha value is -2.69. The Morgan fingerprint density at radius 2 is 2.00 bits per heavy atom. The second-order valence-corrected chi connectivity index (χ2v) is 4.96. The first-order chi connectivity index (χ1) is 10.3. The van der Waals surface area contributed by atoms with Crippen LogP contribution in [0.3, 0.4) is 0 Å². The predicted octanol–water partition coefficient (Wildman–Crippen LogP) is 3.05. The Morgan fingerprint density at radius 3 is 2.71 bits per heavy atom. The van der Waals surface area contributed by atoms with Crippen LogP contribution in [-0.2, 0) is 7.05 Å². The molecule has 0 spiro atoms. The minimum Gasteiger partial charge on any atom is -0.378 e. The molecule has 1 N–H and O–H groups in total. The molecule has 5 heteroatoms. The summed E-state index contributed by atoms with van der Waals surface area (Å²) >= 11 is 0. The van der Waals surface area contributed by atoms with Gasteiger partial charge in [-0.15, -0.1) is 10.2 Å². The zero-order valence-electron chi connectivity index (χ0n) is 12.1. The number of aromatic nitrogens is 4. The van der Waals surface area contributed by atoms with Crippen LogP contribution in [0.4, 0.5) is 5.69 Å². The molecule has 1 unspecified atom stereocenters. The first-order valence-electron chi connectivity index (χ1n) is 6.85. The lowest BCUT2D eigenvalue weighted by Gasteiger charge is -2.17. The van der Waals surface area contributed by atoms with Crippen LogP contribution in [0.5, 0.6) is 0 Å². The van der Waals surface area contributed by atoms with Crippen LogP contribution < -0.4 is 5.32 Å². The fourth-order valence-electron chi connectivity index (χ4n) is 2.28. The molecule has 1 atom stereocenters. The van der Waals surface area contributed by atoms with Crippen LogP contribution >= 0.6 is 0 Å². The summed E-state index contributed by atoms with van der Waals surface area (Å²) in [5.74, 6) is 0.844. The van der Waals surface area contributed by atoms with Gasteiger partial charge in [0.25, 0.3) is 0 Å². The van der Waals surface area contributed by atoms with Crippen LogP contribution in [-0.4, -0.2) is 19.7 Å². The normalized spacial score (nSPS) is 12.1. The second kappa shape index (κ2) is 5.75. The average molecular weight is 279 g/mol. The molecule has 0 fully saturated rings. The van der Waals surface area contributed by atoms with Crippen LogP contribution in [0.15, 0.2) is 55.1 Å². The standard InChI is InChI=1S/C16H17N5/c1-12(13-6-5-9-17-10-13)19-15-8-4-3-7-14(15)16-20-18-11-21(16)2/h3-12,19H,1-2H3. The summed E-state index contributed by atoms with van der Waals surface area (Å²) in [6.07, 6.45) is 5.36. The number of aryl methyl sites for hydroxylation is 1. The van der Waals surface area contributed by atoms with Crippen LogP contribution in [0.2, 0.25) is 0 Å². The van der Waals surface area contributed by atoms with E-state index in [4.69, 9.17) is 0 Å². The van der Waals surface area contributed by atoms with Gasteiger partial charge in [0.1, 0.15) is 6.33 Å². The maximum absolute atomic E-state index is 4.19. The molecular weight excluding hydrogens is 262 g/mol. The van der Waals surface area contributed by atoms with Crippen molar-refractivity contribution < 1.29 is 0 Å². The van der Waals surface area contributed by atoms with E-state index in [1.807, 2.05) is 42.1 Å². The topological polar surface area (TPSA) is 55.6 Å². The second-order valence-electron chi connectivity index (χ2n) is 4.96. The van der Waals surface area contributed by atoms with Crippen LogP contribution in [0, 0.1) is 0 Å². The third kappa shape index (κ3) is 2.76. The van der Waals surface area contributed by atoms with Crippen molar-refractivity contribution in [1.29, 1.82) is 0 Å². The lowest BCUT2D eigenvalue weighted by atomic mass is 10.1. The highest BCUT2D eigenvalue weighted by Crippen LogP contribution is 2.28. The Balaban J connectivity index is 1.92. The SMILES string of the molecule is CC(Nc1ccccc1-c1nncn1C)c1cccnc1. The number of rotatable bonds is 4. The molecule has 106 valence electrons. The lowest BCUT2D eigenvalue weighted by Crippen LogP contribution is -2.08. The van der Waals surface area contributed by atoms with E-state index >= 15 is 0 Å². The highest BCUT2D eigenvalue weighted by Gasteiger charge is 2.12. The quantitative estimate of drug-likeness (QED) is 0.797. The lowest BCUT2D eigenvalue weighted by molar-refractivity contribution is 0.873. The van der Waals surface area contributed by atoms with E-state index in [9.17, 15) is 0 Å². The predicted molar refractivity (Wildman–Crippen MR) is 82.7 cm³/mol. The molecule has 0 saturated carbocycles. The highest BCUT2D eigenvalue weighted by atomic mass is 15.2. The Morgan fingerprint density at radius 1 is 1.14 bits per heavy atom. The average Bonchev–Trinajstić information content (AvgIpc) is 2.95. The molecule has 0 saturated heterocycles. The maximum atomic E-state index is 4.19. The number of para-hydroxylation sites is 1. The van der Waals surface area contributed by atoms with Gasteiger partial charge in [-0.1, -0.05) is 18.2 Å². The summed E-state index contributed by atoms with van der Waals surface area (Å²) in [4.78, 5) is 4.17. The molecule has 0 aliphatic heterocycles. The van der Waals surface area contributed by atoms with Gasteiger partial charge in [-0.25, -0.2) is 0 Å². The molecule has 3 rings (SSSR count). The third-order valence-electron chi connectivity index (χ3n) is 3.44. The highest BCUT2D eigenvalue weighted by molar-refractivity contribution is 5.73. The fourth-order valence-corrected chi connectivity index (χ4v) is 2.28. The van der Waals surface area contributed by atoms with Gasteiger partial charge in [-0.3, -0.25) is 4.98 Å². The van der Waals surface area contributed by atoms with E-state index in [1.165, 1.54) is 0 Å². The molecule has 0 amide bonds. The molecule has 0 radical (unpaired) electrons. The van der Waals surface area contributed by atoms with E-state index in [0.29, 0.717) is 0 Å². The minimum atomic E-state index is 0.160. The van der Waals surface area contributed by atoms with E-state index in [2.05, 4.69) is 39.6 Å². The zero-order chi connectivity index (χ0) is 14.7. The monoisotopic (exact) mass is 279 g/mol. The van der Waals surface area contributed by atoms with E-state index in [-0.39, 0.29) is 6.04 Å². The van der Waals surface area contributed by atoms with Gasteiger partial charge in [0.15, 0.2) is 5.82 Å². The van der Waals surface area contributed by atoms with Crippen molar-refractivity contribution in [3.8, 4) is 11.4 Å². The molecule has 0 aliphatic rings. The summed E-state index contributed by atoms with van der Waals surface area (Å²) in [5, 5.41) is 11.7. The first-order valence-corrected chi connectivity index (χ1v) is 6.85. The molecule has 0 aliphatic carbocycles. The smallest absolute Gasteiger partial charge is 0.165 e. The van der Waals surface area contributed by atoms with E-state index in [1.54, 1.807) is 12.5 Å². The molecule has 2 aromatic heterocycles. The number of anilines is 1. The van der Waals surface area contributed by atoms with Gasteiger partial charge in [0, 0.05) is 30.7 Å². The van der Waals surface area contributed by atoms with Crippen molar-refractivity contribution in [1.82, 2.24) is 19.7 Å². The van der Waals surface area contributed by atoms with E-state index < -0.39 is 0 Å². The summed E-state index contributed by atoms with van der Waals surface area (Å²) in [6, 6.07) is 12.3. The molecule has 2 heterocycles. The molecule has 0 bridgehead atoms. The van der Waals surface area contributed by atoms with Gasteiger partial charge in [0.2, 0.25) is 0 Å². The third-order valence-corrected chi connectivity index (χ3v) is 3.44. The molecular formula is C16H17N5. The Bertz CT molecular complexity index is 720. The molecule has 21 heavy (non-hydrogen) atoms. The van der Waals surface area contributed by atoms with Crippen molar-refractivity contribution in [3.63, 3.8) is 0 Å². The number of pyridine rings is 1. The number of benzene rings is 1. The first kappa shape index (κ1) is 13.3. The van der Waals surface area contributed by atoms with Crippen molar-refractivity contribution >= 4 is 5.69 Å². The van der Waals surface area contributed by atoms with Gasteiger partial charge in [0.05, 0.1) is 6.04 Å².